The predicted octanol–water partition coefficient (Wildman–Crippen LogP) is 1.18. The standard InChI is InChI=1S/C12H9ClFNO3/c1-2-15-5-7(12(17)18)11(16)6-3-9(14)8(13)4-10(6)15/h3-5H,2H2,1H3,(H,17,18)/p-1. The molecule has 1 aromatic heterocycles. The van der Waals surface area contributed by atoms with Crippen LogP contribution in [0.15, 0.2) is 23.1 Å². The zero-order chi connectivity index (χ0) is 13.4. The molecule has 0 saturated heterocycles. The van der Waals surface area contributed by atoms with Gasteiger partial charge in [0.05, 0.1) is 22.1 Å². The van der Waals surface area contributed by atoms with Crippen LogP contribution in [0.3, 0.4) is 0 Å². The Morgan fingerprint density at radius 3 is 2.72 bits per heavy atom. The summed E-state index contributed by atoms with van der Waals surface area (Å²) in [6, 6.07) is 2.24. The molecule has 0 unspecified atom stereocenters. The van der Waals surface area contributed by atoms with Crippen LogP contribution in [0.25, 0.3) is 10.9 Å². The van der Waals surface area contributed by atoms with Crippen LogP contribution < -0.4 is 10.5 Å². The van der Waals surface area contributed by atoms with Crippen molar-refractivity contribution in [3.63, 3.8) is 0 Å². The van der Waals surface area contributed by atoms with Crippen LogP contribution in [-0.2, 0) is 6.54 Å². The lowest BCUT2D eigenvalue weighted by Gasteiger charge is -2.12. The summed E-state index contributed by atoms with van der Waals surface area (Å²) in [6.45, 7) is 2.18. The molecule has 0 fully saturated rings. The van der Waals surface area contributed by atoms with E-state index in [1.165, 1.54) is 16.8 Å². The minimum absolute atomic E-state index is 0.0274. The second-order valence-corrected chi connectivity index (χ2v) is 4.14. The average Bonchev–Trinajstić information content (AvgIpc) is 2.32. The Balaban J connectivity index is 2.99. The maximum Gasteiger partial charge on any atom is 0.198 e. The number of aromatic carboxylic acids is 1. The van der Waals surface area contributed by atoms with Crippen LogP contribution in [0.4, 0.5) is 4.39 Å². The van der Waals surface area contributed by atoms with Crippen LogP contribution >= 0.6 is 11.6 Å². The van der Waals surface area contributed by atoms with Crippen LogP contribution in [-0.4, -0.2) is 10.5 Å². The molecule has 18 heavy (non-hydrogen) atoms. The maximum absolute atomic E-state index is 13.4. The van der Waals surface area contributed by atoms with Gasteiger partial charge in [-0.25, -0.2) is 4.39 Å². The second kappa shape index (κ2) is 4.42. The zero-order valence-corrected chi connectivity index (χ0v) is 10.1. The third kappa shape index (κ3) is 1.86. The molecule has 0 amide bonds. The number of rotatable bonds is 2. The van der Waals surface area contributed by atoms with Gasteiger partial charge in [-0.05, 0) is 19.1 Å². The number of carbonyl (C=O) groups excluding carboxylic acids is 1. The molecular weight excluding hydrogens is 261 g/mol. The summed E-state index contributed by atoms with van der Waals surface area (Å²) in [5.74, 6) is -2.35. The molecule has 0 atom stereocenters. The molecule has 0 saturated carbocycles. The predicted molar refractivity (Wildman–Crippen MR) is 63.2 cm³/mol. The number of carboxylic acid groups (broad SMARTS) is 1. The van der Waals surface area contributed by atoms with Crippen molar-refractivity contribution >= 4 is 28.5 Å². The summed E-state index contributed by atoms with van der Waals surface area (Å²) < 4.78 is 14.9. The van der Waals surface area contributed by atoms with E-state index in [9.17, 15) is 19.1 Å². The van der Waals surface area contributed by atoms with Gasteiger partial charge in [0.1, 0.15) is 5.82 Å². The molecule has 0 N–H and O–H groups in total. The van der Waals surface area contributed by atoms with E-state index < -0.39 is 22.8 Å². The Morgan fingerprint density at radius 2 is 2.17 bits per heavy atom. The van der Waals surface area contributed by atoms with Gasteiger partial charge in [0, 0.05) is 18.1 Å². The Kier molecular flexibility index (Phi) is 3.09. The van der Waals surface area contributed by atoms with Gasteiger partial charge in [-0.1, -0.05) is 11.6 Å². The first-order valence-electron chi connectivity index (χ1n) is 5.19. The Labute approximate surface area is 106 Å². The van der Waals surface area contributed by atoms with Crippen molar-refractivity contribution in [3.05, 3.63) is 45.0 Å². The summed E-state index contributed by atoms with van der Waals surface area (Å²) >= 11 is 5.65. The number of aryl methyl sites for hydroxylation is 1. The molecule has 0 aliphatic heterocycles. The van der Waals surface area contributed by atoms with Crippen LogP contribution in [0.1, 0.15) is 17.3 Å². The van der Waals surface area contributed by atoms with E-state index in [0.29, 0.717) is 12.1 Å². The molecule has 4 nitrogen and oxygen atoms in total. The third-order valence-electron chi connectivity index (χ3n) is 2.68. The summed E-state index contributed by atoms with van der Waals surface area (Å²) in [5.41, 5.74) is -0.879. The number of nitrogens with zero attached hydrogens (tertiary/aromatic N) is 1. The highest BCUT2D eigenvalue weighted by atomic mass is 35.5. The van der Waals surface area contributed by atoms with E-state index in [4.69, 9.17) is 11.6 Å². The van der Waals surface area contributed by atoms with Gasteiger partial charge in [-0.15, -0.1) is 0 Å². The second-order valence-electron chi connectivity index (χ2n) is 3.73. The van der Waals surface area contributed by atoms with Crippen molar-refractivity contribution in [2.75, 3.05) is 0 Å². The van der Waals surface area contributed by atoms with Gasteiger partial charge in [-0.3, -0.25) is 4.79 Å². The van der Waals surface area contributed by atoms with Gasteiger partial charge in [0.25, 0.3) is 0 Å². The minimum atomic E-state index is -1.58. The number of halogens is 2. The fraction of sp³-hybridized carbons (Fsp3) is 0.167. The lowest BCUT2D eigenvalue weighted by atomic mass is 10.1. The first kappa shape index (κ1) is 12.6. The van der Waals surface area contributed by atoms with Crippen molar-refractivity contribution in [2.45, 2.75) is 13.5 Å². The lowest BCUT2D eigenvalue weighted by molar-refractivity contribution is -0.255. The topological polar surface area (TPSA) is 62.1 Å². The number of hydrogen-bond donors (Lipinski definition) is 0. The maximum atomic E-state index is 13.4. The summed E-state index contributed by atoms with van der Waals surface area (Å²) in [4.78, 5) is 22.7. The van der Waals surface area contributed by atoms with Gasteiger partial charge in [-0.2, -0.15) is 0 Å². The molecule has 2 rings (SSSR count). The van der Waals surface area contributed by atoms with Gasteiger partial charge >= 0.3 is 0 Å². The smallest absolute Gasteiger partial charge is 0.198 e. The molecule has 6 heteroatoms. The first-order chi connectivity index (χ1) is 8.45. The third-order valence-corrected chi connectivity index (χ3v) is 2.97. The Bertz CT molecular complexity index is 709. The normalized spacial score (nSPS) is 10.8. The monoisotopic (exact) mass is 268 g/mol. The highest BCUT2D eigenvalue weighted by molar-refractivity contribution is 6.31. The molecule has 0 radical (unpaired) electrons. The quantitative estimate of drug-likeness (QED) is 0.822. The van der Waals surface area contributed by atoms with Crippen LogP contribution in [0.5, 0.6) is 0 Å². The molecule has 2 aromatic rings. The van der Waals surface area contributed by atoms with Gasteiger partial charge in [0.15, 0.2) is 5.43 Å². The van der Waals surface area contributed by atoms with E-state index >= 15 is 0 Å². The van der Waals surface area contributed by atoms with Gasteiger partial charge < -0.3 is 14.5 Å². The molecule has 0 bridgehead atoms. The highest BCUT2D eigenvalue weighted by Crippen LogP contribution is 2.21. The Hall–Kier alpha value is -1.88. The summed E-state index contributed by atoms with van der Waals surface area (Å²) in [5, 5.41) is 10.7. The van der Waals surface area contributed by atoms with Crippen molar-refractivity contribution in [3.8, 4) is 0 Å². The number of aromatic nitrogens is 1. The number of fused-ring (bicyclic) bond motifs is 1. The molecule has 1 heterocycles. The zero-order valence-electron chi connectivity index (χ0n) is 9.37. The largest absolute Gasteiger partial charge is 0.545 e. The van der Waals surface area contributed by atoms with Crippen LogP contribution in [0, 0.1) is 5.82 Å². The van der Waals surface area contributed by atoms with Crippen molar-refractivity contribution in [2.24, 2.45) is 0 Å². The van der Waals surface area contributed by atoms with Crippen molar-refractivity contribution < 1.29 is 14.3 Å². The fourth-order valence-electron chi connectivity index (χ4n) is 1.79. The van der Waals surface area contributed by atoms with E-state index in [1.54, 1.807) is 6.92 Å². The number of carbonyl (C=O) groups is 1. The SMILES string of the molecule is CCn1cc(C(=O)[O-])c(=O)c2cc(F)c(Cl)cc21. The first-order valence-corrected chi connectivity index (χ1v) is 5.57. The summed E-state index contributed by atoms with van der Waals surface area (Å²) in [7, 11) is 0. The summed E-state index contributed by atoms with van der Waals surface area (Å²) in [6.07, 6.45) is 1.17. The number of pyridine rings is 1. The molecule has 94 valence electrons. The fourth-order valence-corrected chi connectivity index (χ4v) is 1.95. The van der Waals surface area contributed by atoms with E-state index in [-0.39, 0.29) is 10.4 Å². The molecule has 0 spiro atoms. The minimum Gasteiger partial charge on any atom is -0.545 e. The Morgan fingerprint density at radius 1 is 1.50 bits per heavy atom. The van der Waals surface area contributed by atoms with E-state index in [2.05, 4.69) is 0 Å². The number of hydrogen-bond acceptors (Lipinski definition) is 3. The average molecular weight is 269 g/mol. The van der Waals surface area contributed by atoms with Crippen molar-refractivity contribution in [1.82, 2.24) is 4.57 Å². The lowest BCUT2D eigenvalue weighted by Crippen LogP contribution is -2.30. The van der Waals surface area contributed by atoms with E-state index in [0.717, 1.165) is 6.07 Å². The molecular formula is C12H8ClFNO3-. The number of benzene rings is 1. The van der Waals surface area contributed by atoms with Crippen molar-refractivity contribution in [1.29, 1.82) is 0 Å². The van der Waals surface area contributed by atoms with E-state index in [1.807, 2.05) is 0 Å². The highest BCUT2D eigenvalue weighted by Gasteiger charge is 2.12. The van der Waals surface area contributed by atoms with Gasteiger partial charge in [0.2, 0.25) is 0 Å². The molecule has 0 aliphatic rings. The number of carboxylic acids is 1. The molecule has 0 aliphatic carbocycles. The van der Waals surface area contributed by atoms with Crippen LogP contribution in [0.2, 0.25) is 5.02 Å². The molecule has 1 aromatic carbocycles.